The Hall–Kier alpha value is -3.27. The van der Waals surface area contributed by atoms with Gasteiger partial charge < -0.3 is 26.4 Å². The first-order chi connectivity index (χ1) is 14.3. The maximum Gasteiger partial charge on any atom is 0.243 e. The van der Waals surface area contributed by atoms with Gasteiger partial charge in [0.2, 0.25) is 17.7 Å². The molecule has 0 aliphatic carbocycles. The molecule has 0 unspecified atom stereocenters. The van der Waals surface area contributed by atoms with Crippen LogP contribution >= 0.6 is 0 Å². The summed E-state index contributed by atoms with van der Waals surface area (Å²) in [5, 5.41) is 16.9. The van der Waals surface area contributed by atoms with E-state index >= 15 is 0 Å². The first-order valence-corrected chi connectivity index (χ1v) is 9.76. The monoisotopic (exact) mass is 414 g/mol. The second-order valence-corrected chi connectivity index (χ2v) is 7.58. The summed E-state index contributed by atoms with van der Waals surface area (Å²) in [5.41, 5.74) is 5.93. The van der Waals surface area contributed by atoms with Crippen LogP contribution in [0.2, 0.25) is 0 Å². The van der Waals surface area contributed by atoms with Crippen LogP contribution in [0.4, 0.5) is 5.69 Å². The Morgan fingerprint density at radius 2 is 2.00 bits per heavy atom. The molecule has 1 atom stereocenters. The maximum atomic E-state index is 12.4. The van der Waals surface area contributed by atoms with Gasteiger partial charge in [0.1, 0.15) is 6.04 Å². The summed E-state index contributed by atoms with van der Waals surface area (Å²) in [5.74, 6) is -1.69. The van der Waals surface area contributed by atoms with Crippen LogP contribution in [0.1, 0.15) is 26.2 Å². The average Bonchev–Trinajstić information content (AvgIpc) is 2.71. The summed E-state index contributed by atoms with van der Waals surface area (Å²) in [4.78, 5) is 45.5. The molecule has 160 valence electrons. The van der Waals surface area contributed by atoms with E-state index in [9.17, 15) is 19.5 Å². The Balaban J connectivity index is 1.59. The molecule has 1 aliphatic rings. The third-order valence-electron chi connectivity index (χ3n) is 5.25. The van der Waals surface area contributed by atoms with Crippen LogP contribution in [0.15, 0.2) is 30.7 Å². The lowest BCUT2D eigenvalue weighted by molar-refractivity contribution is -0.131. The number of rotatable bonds is 7. The van der Waals surface area contributed by atoms with Crippen molar-refractivity contribution in [2.45, 2.75) is 37.8 Å². The number of amides is 3. The van der Waals surface area contributed by atoms with E-state index in [-0.39, 0.29) is 13.0 Å². The quantitative estimate of drug-likeness (QED) is 0.475. The van der Waals surface area contributed by atoms with Crippen LogP contribution in [0, 0.1) is 0 Å². The minimum Gasteiger partial charge on any atom is -0.388 e. The second-order valence-electron chi connectivity index (χ2n) is 7.58. The third-order valence-corrected chi connectivity index (χ3v) is 5.25. The largest absolute Gasteiger partial charge is 0.388 e. The second kappa shape index (κ2) is 9.04. The van der Waals surface area contributed by atoms with Gasteiger partial charge in [-0.15, -0.1) is 0 Å². The zero-order chi connectivity index (χ0) is 21.7. The number of anilines is 1. The molecule has 0 spiro atoms. The first-order valence-electron chi connectivity index (χ1n) is 9.76. The van der Waals surface area contributed by atoms with Crippen LogP contribution < -0.4 is 21.3 Å². The fraction of sp³-hybridized carbons (Fsp3) is 0.450. The highest BCUT2D eigenvalue weighted by Gasteiger charge is 2.34. The molecule has 2 aromatic heterocycles. The van der Waals surface area contributed by atoms with Crippen LogP contribution in [-0.2, 0) is 14.4 Å². The Morgan fingerprint density at radius 1 is 1.27 bits per heavy atom. The summed E-state index contributed by atoms with van der Waals surface area (Å²) in [7, 11) is 0. The van der Waals surface area contributed by atoms with Crippen molar-refractivity contribution in [1.82, 2.24) is 20.6 Å². The molecule has 0 aromatic carbocycles. The predicted molar refractivity (Wildman–Crippen MR) is 110 cm³/mol. The molecule has 10 heteroatoms. The molecule has 3 amide bonds. The minimum atomic E-state index is -1.08. The summed E-state index contributed by atoms with van der Waals surface area (Å²) in [6.45, 7) is 2.46. The van der Waals surface area contributed by atoms with Crippen LogP contribution in [0.5, 0.6) is 0 Å². The number of piperidine rings is 1. The van der Waals surface area contributed by atoms with Crippen LogP contribution in [0.25, 0.3) is 10.9 Å². The highest BCUT2D eigenvalue weighted by Crippen LogP contribution is 2.30. The van der Waals surface area contributed by atoms with E-state index in [2.05, 4.69) is 25.5 Å². The molecule has 0 saturated carbocycles. The number of carbonyl (C=O) groups is 3. The fourth-order valence-corrected chi connectivity index (χ4v) is 3.62. The minimum absolute atomic E-state index is 0.0210. The fourth-order valence-electron chi connectivity index (χ4n) is 3.62. The van der Waals surface area contributed by atoms with E-state index in [1.165, 1.54) is 6.92 Å². The molecular weight excluding hydrogens is 388 g/mol. The van der Waals surface area contributed by atoms with Crippen molar-refractivity contribution >= 4 is 34.3 Å². The number of hydrogen-bond donors (Lipinski definition) is 4. The Bertz CT molecular complexity index is 921. The highest BCUT2D eigenvalue weighted by atomic mass is 16.3. The number of primary amides is 1. The van der Waals surface area contributed by atoms with Gasteiger partial charge in [-0.2, -0.15) is 0 Å². The molecule has 2 aromatic rings. The third kappa shape index (κ3) is 5.20. The normalized spacial score (nSPS) is 16.7. The zero-order valence-electron chi connectivity index (χ0n) is 16.8. The summed E-state index contributed by atoms with van der Waals surface area (Å²) in [6, 6.07) is 2.73. The van der Waals surface area contributed by atoms with Crippen LogP contribution in [0.3, 0.4) is 0 Å². The molecule has 1 fully saturated rings. The number of hydrogen-bond acceptors (Lipinski definition) is 7. The van der Waals surface area contributed by atoms with Gasteiger partial charge in [-0.1, -0.05) is 0 Å². The lowest BCUT2D eigenvalue weighted by Crippen LogP contribution is -2.54. The van der Waals surface area contributed by atoms with Gasteiger partial charge in [-0.05, 0) is 25.0 Å². The van der Waals surface area contributed by atoms with Gasteiger partial charge >= 0.3 is 0 Å². The molecule has 1 aliphatic heterocycles. The van der Waals surface area contributed by atoms with Crippen molar-refractivity contribution in [3.63, 3.8) is 0 Å². The number of fused-ring (bicyclic) bond motifs is 1. The number of pyridine rings is 2. The van der Waals surface area contributed by atoms with Crippen molar-refractivity contribution in [2.24, 2.45) is 5.73 Å². The number of aromatic nitrogens is 2. The number of nitrogens with two attached hydrogens (primary N) is 1. The van der Waals surface area contributed by atoms with Gasteiger partial charge in [-0.3, -0.25) is 24.4 Å². The molecule has 3 rings (SSSR count). The number of nitrogens with zero attached hydrogens (tertiary/aromatic N) is 3. The molecule has 0 radical (unpaired) electrons. The molecule has 5 N–H and O–H groups in total. The predicted octanol–water partition coefficient (Wildman–Crippen LogP) is -0.543. The van der Waals surface area contributed by atoms with E-state index in [0.717, 1.165) is 16.6 Å². The summed E-state index contributed by atoms with van der Waals surface area (Å²) < 4.78 is 0. The van der Waals surface area contributed by atoms with Crippen molar-refractivity contribution < 1.29 is 19.5 Å². The molecule has 30 heavy (non-hydrogen) atoms. The van der Waals surface area contributed by atoms with Crippen molar-refractivity contribution in [1.29, 1.82) is 0 Å². The van der Waals surface area contributed by atoms with E-state index in [4.69, 9.17) is 5.73 Å². The van der Waals surface area contributed by atoms with Gasteiger partial charge in [0.05, 0.1) is 17.5 Å². The zero-order valence-corrected chi connectivity index (χ0v) is 16.8. The number of nitrogens with one attached hydrogen (secondary N) is 2. The SMILES string of the molecule is CC(=O)N[C@@H](CC(N)=O)C(=O)NCC1(O)CCN(c2ccnc3ccncc23)CC1. The lowest BCUT2D eigenvalue weighted by atomic mass is 9.90. The average molecular weight is 414 g/mol. The van der Waals surface area contributed by atoms with E-state index in [0.29, 0.717) is 25.9 Å². The summed E-state index contributed by atoms with van der Waals surface area (Å²) >= 11 is 0. The molecule has 3 heterocycles. The first kappa shape index (κ1) is 21.4. The molecule has 10 nitrogen and oxygen atoms in total. The lowest BCUT2D eigenvalue weighted by Gasteiger charge is -2.39. The Morgan fingerprint density at radius 3 is 2.67 bits per heavy atom. The van der Waals surface area contributed by atoms with E-state index in [1.54, 1.807) is 18.6 Å². The number of carbonyl (C=O) groups excluding carboxylic acids is 3. The number of aliphatic hydroxyl groups is 1. The molecular formula is C20H26N6O4. The van der Waals surface area contributed by atoms with Gasteiger partial charge in [0.25, 0.3) is 0 Å². The topological polar surface area (TPSA) is 151 Å². The van der Waals surface area contributed by atoms with E-state index < -0.39 is 29.4 Å². The van der Waals surface area contributed by atoms with Crippen molar-refractivity contribution in [3.05, 3.63) is 30.7 Å². The van der Waals surface area contributed by atoms with Crippen LogP contribution in [-0.4, -0.2) is 64.1 Å². The van der Waals surface area contributed by atoms with Gasteiger partial charge in [0.15, 0.2) is 0 Å². The highest BCUT2D eigenvalue weighted by molar-refractivity contribution is 5.91. The van der Waals surface area contributed by atoms with Crippen molar-refractivity contribution in [3.8, 4) is 0 Å². The molecule has 1 saturated heterocycles. The van der Waals surface area contributed by atoms with Gasteiger partial charge in [-0.25, -0.2) is 0 Å². The Kier molecular flexibility index (Phi) is 6.46. The smallest absolute Gasteiger partial charge is 0.243 e. The Labute approximate surface area is 173 Å². The maximum absolute atomic E-state index is 12.4. The standard InChI is InChI=1S/C20H26N6O4/c1-13(27)25-16(10-18(21)28)19(29)24-12-20(30)4-8-26(9-5-20)17-3-7-23-15-2-6-22-11-14(15)17/h2-3,6-7,11,16,30H,4-5,8-10,12H2,1H3,(H2,21,28)(H,24,29)(H,25,27)/t16-/m0/s1. The summed E-state index contributed by atoms with van der Waals surface area (Å²) in [6.07, 6.45) is 5.80. The van der Waals surface area contributed by atoms with E-state index in [1.807, 2.05) is 12.1 Å². The molecule has 0 bridgehead atoms. The van der Waals surface area contributed by atoms with Crippen molar-refractivity contribution in [2.75, 3.05) is 24.5 Å². The van der Waals surface area contributed by atoms with Gasteiger partial charge in [0, 0.05) is 56.2 Å².